The number of hydrogen-bond acceptors (Lipinski definition) is 2. The van der Waals surface area contributed by atoms with E-state index in [4.69, 9.17) is 0 Å². The fourth-order valence-electron chi connectivity index (χ4n) is 1.89. The first-order valence-corrected chi connectivity index (χ1v) is 6.25. The Kier molecular flexibility index (Phi) is 4.77. The number of nitrogens with one attached hydrogen (secondary N) is 1. The van der Waals surface area contributed by atoms with Gasteiger partial charge in [-0.3, -0.25) is 4.79 Å². The summed E-state index contributed by atoms with van der Waals surface area (Å²) in [5, 5.41) is 11.8. The fraction of sp³-hybridized carbons (Fsp3) is 0.133. The summed E-state index contributed by atoms with van der Waals surface area (Å²) in [5.74, 6) is -4.72. The first-order chi connectivity index (χ1) is 10.4. The van der Waals surface area contributed by atoms with Gasteiger partial charge in [0.2, 0.25) is 0 Å². The summed E-state index contributed by atoms with van der Waals surface area (Å²) >= 11 is 0. The second kappa shape index (κ2) is 6.57. The average Bonchev–Trinajstić information content (AvgIpc) is 2.47. The highest BCUT2D eigenvalue weighted by molar-refractivity contribution is 5.94. The standard InChI is InChI=1S/C15H11F4NO2/c16-8-4-5-10(17)9(6-8)15(22)20-7-13(21)14-11(18)2-1-3-12(14)19/h1-6,13,21H,7H2,(H,20,22). The zero-order chi connectivity index (χ0) is 16.3. The molecule has 116 valence electrons. The van der Waals surface area contributed by atoms with Crippen LogP contribution in [0.3, 0.4) is 0 Å². The van der Waals surface area contributed by atoms with Gasteiger partial charge in [0.15, 0.2) is 0 Å². The molecular weight excluding hydrogens is 302 g/mol. The predicted molar refractivity (Wildman–Crippen MR) is 70.0 cm³/mol. The van der Waals surface area contributed by atoms with Crippen LogP contribution < -0.4 is 5.32 Å². The van der Waals surface area contributed by atoms with Crippen LogP contribution >= 0.6 is 0 Å². The topological polar surface area (TPSA) is 49.3 Å². The van der Waals surface area contributed by atoms with Gasteiger partial charge in [0, 0.05) is 6.54 Å². The molecule has 1 unspecified atom stereocenters. The third-order valence-electron chi connectivity index (χ3n) is 2.96. The van der Waals surface area contributed by atoms with Gasteiger partial charge in [-0.15, -0.1) is 0 Å². The van der Waals surface area contributed by atoms with Gasteiger partial charge in [-0.1, -0.05) is 6.07 Å². The second-order valence-corrected chi connectivity index (χ2v) is 4.49. The number of aliphatic hydroxyl groups is 1. The van der Waals surface area contributed by atoms with Crippen LogP contribution in [-0.4, -0.2) is 17.6 Å². The van der Waals surface area contributed by atoms with Crippen molar-refractivity contribution in [3.63, 3.8) is 0 Å². The molecule has 22 heavy (non-hydrogen) atoms. The molecule has 0 saturated carbocycles. The Morgan fingerprint density at radius 3 is 2.32 bits per heavy atom. The van der Waals surface area contributed by atoms with E-state index in [0.717, 1.165) is 30.3 Å². The van der Waals surface area contributed by atoms with Crippen molar-refractivity contribution in [3.05, 3.63) is 70.8 Å². The molecule has 7 heteroatoms. The Labute approximate surface area is 123 Å². The maximum absolute atomic E-state index is 13.4. The number of aliphatic hydroxyl groups excluding tert-OH is 1. The SMILES string of the molecule is O=C(NCC(O)c1c(F)cccc1F)c1cc(F)ccc1F. The highest BCUT2D eigenvalue weighted by atomic mass is 19.1. The Bertz CT molecular complexity index is 686. The molecule has 2 rings (SSSR count). The lowest BCUT2D eigenvalue weighted by atomic mass is 10.1. The zero-order valence-corrected chi connectivity index (χ0v) is 11.1. The Morgan fingerprint density at radius 2 is 1.68 bits per heavy atom. The monoisotopic (exact) mass is 313 g/mol. The Morgan fingerprint density at radius 1 is 1.05 bits per heavy atom. The van der Waals surface area contributed by atoms with E-state index in [0.29, 0.717) is 6.07 Å². The smallest absolute Gasteiger partial charge is 0.254 e. The first kappa shape index (κ1) is 16.0. The summed E-state index contributed by atoms with van der Waals surface area (Å²) in [6, 6.07) is 5.33. The Balaban J connectivity index is 2.09. The molecule has 1 atom stereocenters. The van der Waals surface area contributed by atoms with Crippen LogP contribution in [0.5, 0.6) is 0 Å². The Hall–Kier alpha value is -2.41. The fourth-order valence-corrected chi connectivity index (χ4v) is 1.89. The number of halogens is 4. The van der Waals surface area contributed by atoms with Crippen LogP contribution in [0.25, 0.3) is 0 Å². The van der Waals surface area contributed by atoms with Crippen molar-refractivity contribution in [1.29, 1.82) is 0 Å². The van der Waals surface area contributed by atoms with Crippen LogP contribution in [-0.2, 0) is 0 Å². The van der Waals surface area contributed by atoms with Gasteiger partial charge in [-0.2, -0.15) is 0 Å². The third kappa shape index (κ3) is 3.43. The molecule has 0 aromatic heterocycles. The van der Waals surface area contributed by atoms with Gasteiger partial charge in [-0.25, -0.2) is 17.6 Å². The minimum Gasteiger partial charge on any atom is -0.386 e. The van der Waals surface area contributed by atoms with Gasteiger partial charge in [0.25, 0.3) is 5.91 Å². The van der Waals surface area contributed by atoms with E-state index in [1.807, 2.05) is 0 Å². The van der Waals surface area contributed by atoms with Gasteiger partial charge >= 0.3 is 0 Å². The zero-order valence-electron chi connectivity index (χ0n) is 11.1. The molecule has 0 aliphatic rings. The van der Waals surface area contributed by atoms with E-state index in [1.54, 1.807) is 0 Å². The summed E-state index contributed by atoms with van der Waals surface area (Å²) in [6.45, 7) is -0.563. The van der Waals surface area contributed by atoms with Gasteiger partial charge in [0.1, 0.15) is 29.4 Å². The van der Waals surface area contributed by atoms with Crippen molar-refractivity contribution in [2.24, 2.45) is 0 Å². The molecular formula is C15H11F4NO2. The lowest BCUT2D eigenvalue weighted by Gasteiger charge is -2.14. The van der Waals surface area contributed by atoms with Gasteiger partial charge in [0.05, 0.1) is 11.1 Å². The molecule has 2 N–H and O–H groups in total. The molecule has 2 aromatic rings. The van der Waals surface area contributed by atoms with Crippen molar-refractivity contribution in [2.45, 2.75) is 6.10 Å². The summed E-state index contributed by atoms with van der Waals surface area (Å²) in [7, 11) is 0. The van der Waals surface area contributed by atoms with E-state index < -0.39 is 53.0 Å². The normalized spacial score (nSPS) is 12.0. The molecule has 0 radical (unpaired) electrons. The van der Waals surface area contributed by atoms with E-state index in [-0.39, 0.29) is 0 Å². The van der Waals surface area contributed by atoms with Gasteiger partial charge in [-0.05, 0) is 30.3 Å². The van der Waals surface area contributed by atoms with E-state index in [1.165, 1.54) is 0 Å². The summed E-state index contributed by atoms with van der Waals surface area (Å²) in [6.07, 6.45) is -1.67. The summed E-state index contributed by atoms with van der Waals surface area (Å²) < 4.78 is 53.3. The molecule has 2 aromatic carbocycles. The number of carbonyl (C=O) groups is 1. The number of amides is 1. The number of hydrogen-bond donors (Lipinski definition) is 2. The quantitative estimate of drug-likeness (QED) is 0.853. The number of benzene rings is 2. The van der Waals surface area contributed by atoms with E-state index in [2.05, 4.69) is 5.32 Å². The molecule has 0 fully saturated rings. The molecule has 0 aliphatic heterocycles. The largest absolute Gasteiger partial charge is 0.386 e. The minimum absolute atomic E-state index is 0.563. The predicted octanol–water partition coefficient (Wildman–Crippen LogP) is 2.71. The highest BCUT2D eigenvalue weighted by Crippen LogP contribution is 2.20. The van der Waals surface area contributed by atoms with Crippen LogP contribution in [0.2, 0.25) is 0 Å². The minimum atomic E-state index is -1.67. The lowest BCUT2D eigenvalue weighted by Crippen LogP contribution is -2.29. The highest BCUT2D eigenvalue weighted by Gasteiger charge is 2.20. The molecule has 0 spiro atoms. The molecule has 0 aliphatic carbocycles. The van der Waals surface area contributed by atoms with E-state index >= 15 is 0 Å². The average molecular weight is 313 g/mol. The lowest BCUT2D eigenvalue weighted by molar-refractivity contribution is 0.0907. The van der Waals surface area contributed by atoms with Gasteiger partial charge < -0.3 is 10.4 Å². The third-order valence-corrected chi connectivity index (χ3v) is 2.96. The van der Waals surface area contributed by atoms with Crippen molar-refractivity contribution in [1.82, 2.24) is 5.32 Å². The maximum Gasteiger partial charge on any atom is 0.254 e. The molecule has 0 saturated heterocycles. The van der Waals surface area contributed by atoms with Crippen LogP contribution in [0.4, 0.5) is 17.6 Å². The van der Waals surface area contributed by atoms with Crippen LogP contribution in [0, 0.1) is 23.3 Å². The number of carbonyl (C=O) groups excluding carboxylic acids is 1. The molecule has 0 heterocycles. The molecule has 0 bridgehead atoms. The second-order valence-electron chi connectivity index (χ2n) is 4.49. The van der Waals surface area contributed by atoms with Crippen molar-refractivity contribution >= 4 is 5.91 Å². The van der Waals surface area contributed by atoms with E-state index in [9.17, 15) is 27.5 Å². The van der Waals surface area contributed by atoms with Crippen molar-refractivity contribution in [3.8, 4) is 0 Å². The van der Waals surface area contributed by atoms with Crippen molar-refractivity contribution < 1.29 is 27.5 Å². The molecule has 1 amide bonds. The summed E-state index contributed by atoms with van der Waals surface area (Å²) in [4.78, 5) is 11.7. The molecule has 3 nitrogen and oxygen atoms in total. The number of rotatable bonds is 4. The summed E-state index contributed by atoms with van der Waals surface area (Å²) in [5.41, 5.74) is -1.18. The first-order valence-electron chi connectivity index (χ1n) is 6.25. The van der Waals surface area contributed by atoms with Crippen LogP contribution in [0.15, 0.2) is 36.4 Å². The van der Waals surface area contributed by atoms with Crippen molar-refractivity contribution in [2.75, 3.05) is 6.54 Å². The maximum atomic E-state index is 13.4. The van der Waals surface area contributed by atoms with Crippen LogP contribution in [0.1, 0.15) is 22.0 Å².